The highest BCUT2D eigenvalue weighted by Crippen LogP contribution is 2.42. The highest BCUT2D eigenvalue weighted by molar-refractivity contribution is 5.56. The van der Waals surface area contributed by atoms with Gasteiger partial charge in [0.1, 0.15) is 0 Å². The smallest absolute Gasteiger partial charge is 0.395 e. The fourth-order valence-corrected chi connectivity index (χ4v) is 2.17. The third-order valence-electron chi connectivity index (χ3n) is 3.14. The summed E-state index contributed by atoms with van der Waals surface area (Å²) in [4.78, 5) is 0. The summed E-state index contributed by atoms with van der Waals surface area (Å²) in [5.41, 5.74) is 1.82. The molecule has 3 rings (SSSR count). The molecule has 0 amide bonds. The predicted molar refractivity (Wildman–Crippen MR) is 70.1 cm³/mol. The average Bonchev–Trinajstić information content (AvgIpc) is 2.97. The molecular weight excluding hydrogens is 266 g/mol. The Morgan fingerprint density at radius 3 is 2.80 bits per heavy atom. The van der Waals surface area contributed by atoms with Gasteiger partial charge in [0.25, 0.3) is 0 Å². The first-order valence-electron chi connectivity index (χ1n) is 6.35. The van der Waals surface area contributed by atoms with Crippen molar-refractivity contribution in [1.29, 1.82) is 0 Å². The van der Waals surface area contributed by atoms with E-state index in [0.29, 0.717) is 12.2 Å². The second kappa shape index (κ2) is 4.70. The number of anilines is 1. The van der Waals surface area contributed by atoms with E-state index >= 15 is 0 Å². The molecule has 106 valence electrons. The highest BCUT2D eigenvalue weighted by Gasteiger charge is 2.43. The Bertz CT molecular complexity index is 625. The van der Waals surface area contributed by atoms with Gasteiger partial charge in [-0.25, -0.2) is 0 Å². The second-order valence-electron chi connectivity index (χ2n) is 4.47. The highest BCUT2D eigenvalue weighted by atomic mass is 19.3. The fraction of sp³-hybridized carbons (Fsp3) is 0.286. The molecule has 20 heavy (non-hydrogen) atoms. The Balaban J connectivity index is 1.71. The Morgan fingerprint density at radius 2 is 2.00 bits per heavy atom. The van der Waals surface area contributed by atoms with Crippen molar-refractivity contribution in [3.63, 3.8) is 0 Å². The summed E-state index contributed by atoms with van der Waals surface area (Å²) in [6.45, 7) is 3.56. The number of hydrogen-bond acceptors (Lipinski definition) is 3. The van der Waals surface area contributed by atoms with E-state index in [-0.39, 0.29) is 11.5 Å². The molecule has 0 bridgehead atoms. The van der Waals surface area contributed by atoms with Crippen molar-refractivity contribution in [2.45, 2.75) is 26.3 Å². The van der Waals surface area contributed by atoms with Gasteiger partial charge >= 0.3 is 6.29 Å². The van der Waals surface area contributed by atoms with Crippen LogP contribution in [0.4, 0.5) is 14.5 Å². The quantitative estimate of drug-likeness (QED) is 0.931. The zero-order valence-electron chi connectivity index (χ0n) is 10.9. The van der Waals surface area contributed by atoms with Crippen LogP contribution in [0.25, 0.3) is 0 Å². The maximum absolute atomic E-state index is 12.9. The van der Waals surface area contributed by atoms with Gasteiger partial charge in [0.2, 0.25) is 0 Å². The molecule has 0 unspecified atom stereocenters. The molecule has 1 aromatic heterocycles. The van der Waals surface area contributed by atoms with Crippen molar-refractivity contribution in [2.24, 2.45) is 0 Å². The van der Waals surface area contributed by atoms with Crippen LogP contribution < -0.4 is 14.8 Å². The van der Waals surface area contributed by atoms with Crippen LogP contribution in [-0.4, -0.2) is 10.9 Å². The molecule has 0 spiro atoms. The first kappa shape index (κ1) is 12.8. The number of benzene rings is 1. The van der Waals surface area contributed by atoms with Crippen LogP contribution in [-0.2, 0) is 13.1 Å². The minimum atomic E-state index is -3.57. The number of rotatable bonds is 4. The number of hydrogen-bond donors (Lipinski definition) is 1. The molecule has 4 nitrogen and oxygen atoms in total. The van der Waals surface area contributed by atoms with Crippen LogP contribution in [0, 0.1) is 0 Å². The van der Waals surface area contributed by atoms with Crippen molar-refractivity contribution in [3.05, 3.63) is 42.2 Å². The van der Waals surface area contributed by atoms with Crippen LogP contribution in [0.1, 0.15) is 12.6 Å². The molecular formula is C14H14F2N2O2. The first-order valence-corrected chi connectivity index (χ1v) is 6.35. The van der Waals surface area contributed by atoms with E-state index in [1.807, 2.05) is 18.3 Å². The lowest BCUT2D eigenvalue weighted by molar-refractivity contribution is -0.286. The summed E-state index contributed by atoms with van der Waals surface area (Å²) in [6.07, 6.45) is -1.57. The van der Waals surface area contributed by atoms with Gasteiger partial charge in [-0.15, -0.1) is 8.78 Å². The summed E-state index contributed by atoms with van der Waals surface area (Å²) in [5, 5.41) is 3.18. The van der Waals surface area contributed by atoms with Gasteiger partial charge in [0, 0.05) is 30.2 Å². The van der Waals surface area contributed by atoms with Crippen LogP contribution in [0.3, 0.4) is 0 Å². The number of halogens is 2. The van der Waals surface area contributed by atoms with Gasteiger partial charge in [0.15, 0.2) is 11.5 Å². The van der Waals surface area contributed by atoms with Gasteiger partial charge < -0.3 is 19.4 Å². The number of aromatic nitrogens is 1. The number of aryl methyl sites for hydroxylation is 1. The van der Waals surface area contributed by atoms with Crippen molar-refractivity contribution < 1.29 is 18.3 Å². The Labute approximate surface area is 114 Å². The van der Waals surface area contributed by atoms with Crippen molar-refractivity contribution in [2.75, 3.05) is 5.32 Å². The maximum atomic E-state index is 12.9. The first-order chi connectivity index (χ1) is 9.57. The Morgan fingerprint density at radius 1 is 1.20 bits per heavy atom. The minimum Gasteiger partial charge on any atom is -0.395 e. The van der Waals surface area contributed by atoms with Crippen LogP contribution in [0.2, 0.25) is 0 Å². The monoisotopic (exact) mass is 280 g/mol. The van der Waals surface area contributed by atoms with E-state index in [1.54, 1.807) is 6.07 Å². The Hall–Kier alpha value is -2.24. The number of nitrogens with zero attached hydrogens (tertiary/aromatic N) is 1. The zero-order chi connectivity index (χ0) is 14.2. The van der Waals surface area contributed by atoms with Gasteiger partial charge in [-0.05, 0) is 31.2 Å². The summed E-state index contributed by atoms with van der Waals surface area (Å²) in [6, 6.07) is 8.65. The van der Waals surface area contributed by atoms with Crippen molar-refractivity contribution >= 4 is 5.69 Å². The molecule has 1 aromatic carbocycles. The lowest BCUT2D eigenvalue weighted by atomic mass is 10.2. The van der Waals surface area contributed by atoms with Gasteiger partial charge in [0.05, 0.1) is 6.54 Å². The van der Waals surface area contributed by atoms with Crippen LogP contribution >= 0.6 is 0 Å². The minimum absolute atomic E-state index is 0.0471. The van der Waals surface area contributed by atoms with E-state index in [0.717, 1.165) is 12.2 Å². The molecule has 6 heteroatoms. The SMILES string of the molecule is CCn1cccc1CNc1ccc2c(c1)OC(F)(F)O2. The van der Waals surface area contributed by atoms with E-state index in [1.165, 1.54) is 12.1 Å². The predicted octanol–water partition coefficient (Wildman–Crippen LogP) is 3.44. The van der Waals surface area contributed by atoms with Gasteiger partial charge in [-0.2, -0.15) is 0 Å². The fourth-order valence-electron chi connectivity index (χ4n) is 2.17. The van der Waals surface area contributed by atoms with E-state index < -0.39 is 6.29 Å². The van der Waals surface area contributed by atoms with Crippen LogP contribution in [0.5, 0.6) is 11.5 Å². The number of alkyl halides is 2. The molecule has 2 heterocycles. The molecule has 0 saturated heterocycles. The molecule has 0 saturated carbocycles. The molecule has 1 N–H and O–H groups in total. The van der Waals surface area contributed by atoms with E-state index in [4.69, 9.17) is 0 Å². The topological polar surface area (TPSA) is 35.4 Å². The van der Waals surface area contributed by atoms with Gasteiger partial charge in [-0.3, -0.25) is 0 Å². The van der Waals surface area contributed by atoms with E-state index in [2.05, 4.69) is 26.3 Å². The average molecular weight is 280 g/mol. The number of nitrogens with one attached hydrogen (secondary N) is 1. The molecule has 1 aliphatic heterocycles. The number of ether oxygens (including phenoxy) is 2. The van der Waals surface area contributed by atoms with Gasteiger partial charge in [-0.1, -0.05) is 0 Å². The molecule has 2 aromatic rings. The summed E-state index contributed by atoms with van der Waals surface area (Å²) in [7, 11) is 0. The van der Waals surface area contributed by atoms with Crippen molar-refractivity contribution in [3.8, 4) is 11.5 Å². The molecule has 0 radical (unpaired) electrons. The van der Waals surface area contributed by atoms with E-state index in [9.17, 15) is 8.78 Å². The normalized spacial score (nSPS) is 15.3. The number of fused-ring (bicyclic) bond motifs is 1. The standard InChI is InChI=1S/C14H14F2N2O2/c1-2-18-7-3-4-11(18)9-17-10-5-6-12-13(8-10)20-14(15,16)19-12/h3-8,17H,2,9H2,1H3. The summed E-state index contributed by atoms with van der Waals surface area (Å²) in [5.74, 6) is 0.100. The van der Waals surface area contributed by atoms with Crippen LogP contribution in [0.15, 0.2) is 36.5 Å². The van der Waals surface area contributed by atoms with Crippen molar-refractivity contribution in [1.82, 2.24) is 4.57 Å². The zero-order valence-corrected chi connectivity index (χ0v) is 10.9. The third kappa shape index (κ3) is 2.41. The largest absolute Gasteiger partial charge is 0.586 e. The molecule has 0 fully saturated rings. The lowest BCUT2D eigenvalue weighted by Crippen LogP contribution is -2.25. The summed E-state index contributed by atoms with van der Waals surface area (Å²) < 4.78 is 36.7. The Kier molecular flexibility index (Phi) is 3.00. The lowest BCUT2D eigenvalue weighted by Gasteiger charge is -2.09. The molecule has 0 atom stereocenters. The molecule has 0 aliphatic carbocycles. The molecule has 1 aliphatic rings. The summed E-state index contributed by atoms with van der Waals surface area (Å²) >= 11 is 0. The maximum Gasteiger partial charge on any atom is 0.586 e. The second-order valence-corrected chi connectivity index (χ2v) is 4.47. The third-order valence-corrected chi connectivity index (χ3v) is 3.14.